The molecule has 1 saturated heterocycles. The topological polar surface area (TPSA) is 101 Å². The van der Waals surface area contributed by atoms with Crippen LogP contribution in [0.1, 0.15) is 59.9 Å². The van der Waals surface area contributed by atoms with Gasteiger partial charge in [-0.1, -0.05) is 20.8 Å². The molecule has 0 radical (unpaired) electrons. The van der Waals surface area contributed by atoms with Crippen LogP contribution in [0.5, 0.6) is 0 Å². The lowest BCUT2D eigenvalue weighted by Crippen LogP contribution is -2.52. The van der Waals surface area contributed by atoms with Crippen molar-refractivity contribution in [3.05, 3.63) is 17.8 Å². The zero-order chi connectivity index (χ0) is 22.6. The summed E-state index contributed by atoms with van der Waals surface area (Å²) in [5, 5.41) is 5.22. The molecule has 2 heterocycles. The number of hydrogen-bond donors (Lipinski definition) is 2. The Balaban J connectivity index is 2.05. The largest absolute Gasteiger partial charge is 0.444 e. The summed E-state index contributed by atoms with van der Waals surface area (Å²) < 4.78 is 5.22. The highest BCUT2D eigenvalue weighted by molar-refractivity contribution is 6.39. The van der Waals surface area contributed by atoms with Gasteiger partial charge in [0.05, 0.1) is 11.9 Å². The van der Waals surface area contributed by atoms with E-state index in [0.717, 1.165) is 12.8 Å². The van der Waals surface area contributed by atoms with Crippen molar-refractivity contribution in [3.63, 3.8) is 0 Å². The summed E-state index contributed by atoms with van der Waals surface area (Å²) >= 11 is 0. The van der Waals surface area contributed by atoms with Crippen LogP contribution in [-0.2, 0) is 14.3 Å². The number of likely N-dealkylation sites (tertiary alicyclic amines) is 1. The fourth-order valence-electron chi connectivity index (χ4n) is 3.59. The van der Waals surface area contributed by atoms with Gasteiger partial charge in [0.15, 0.2) is 0 Å². The van der Waals surface area contributed by atoms with Gasteiger partial charge in [-0.25, -0.2) is 9.78 Å². The maximum absolute atomic E-state index is 12.8. The normalized spacial score (nSPS) is 19.4. The third kappa shape index (κ3) is 6.43. The predicted octanol–water partition coefficient (Wildman–Crippen LogP) is 3.96. The second-order valence-electron chi connectivity index (χ2n) is 9.42. The predicted molar refractivity (Wildman–Crippen MR) is 116 cm³/mol. The Morgan fingerprint density at radius 3 is 2.43 bits per heavy atom. The molecule has 1 aliphatic rings. The molecule has 1 aromatic heterocycles. The third-order valence-corrected chi connectivity index (χ3v) is 5.04. The molecule has 30 heavy (non-hydrogen) atoms. The molecule has 0 saturated carbocycles. The lowest BCUT2D eigenvalue weighted by atomic mass is 9.88. The molecule has 0 unspecified atom stereocenters. The Bertz CT molecular complexity index is 801. The van der Waals surface area contributed by atoms with Crippen molar-refractivity contribution in [2.75, 3.05) is 17.2 Å². The molecule has 2 rings (SSSR count). The SMILES string of the molecule is Cc1cc(NC(=O)C(=O)N2C[C@H](C)CC[C@H]2C(C)C)cnc1NC(=O)OC(C)(C)C. The number of carbonyl (C=O) groups is 3. The molecule has 2 N–H and O–H groups in total. The second kappa shape index (κ2) is 9.45. The molecule has 0 aliphatic carbocycles. The van der Waals surface area contributed by atoms with Crippen LogP contribution >= 0.6 is 0 Å². The van der Waals surface area contributed by atoms with Gasteiger partial charge in [-0.15, -0.1) is 0 Å². The Labute approximate surface area is 178 Å². The summed E-state index contributed by atoms with van der Waals surface area (Å²) in [6, 6.07) is 1.73. The number of pyridine rings is 1. The summed E-state index contributed by atoms with van der Waals surface area (Å²) in [6.45, 7) is 13.9. The number of piperidine rings is 1. The number of ether oxygens (including phenoxy) is 1. The molecule has 1 aromatic rings. The molecular weight excluding hydrogens is 384 g/mol. The van der Waals surface area contributed by atoms with Crippen LogP contribution in [0, 0.1) is 18.8 Å². The first-order valence-electron chi connectivity index (χ1n) is 10.5. The zero-order valence-electron chi connectivity index (χ0n) is 19.0. The number of rotatable bonds is 3. The molecule has 166 valence electrons. The number of amides is 3. The van der Waals surface area contributed by atoms with E-state index < -0.39 is 23.5 Å². The average Bonchev–Trinajstić information content (AvgIpc) is 2.61. The first-order chi connectivity index (χ1) is 13.9. The number of aromatic nitrogens is 1. The standard InChI is InChI=1S/C22H34N4O4/c1-13(2)17-9-8-14(3)12-26(17)20(28)19(27)24-16-10-15(4)18(23-11-16)25-21(29)30-22(5,6)7/h10-11,13-14,17H,8-9,12H2,1-7H3,(H,24,27)(H,23,25,29)/t14-,17+/m1/s1. The van der Waals surface area contributed by atoms with Gasteiger partial charge in [-0.3, -0.25) is 14.9 Å². The van der Waals surface area contributed by atoms with Crippen molar-refractivity contribution in [1.29, 1.82) is 0 Å². The van der Waals surface area contributed by atoms with Gasteiger partial charge in [0.1, 0.15) is 11.4 Å². The van der Waals surface area contributed by atoms with E-state index in [1.807, 2.05) is 0 Å². The van der Waals surface area contributed by atoms with Crippen LogP contribution in [0.4, 0.5) is 16.3 Å². The van der Waals surface area contributed by atoms with Gasteiger partial charge in [0.25, 0.3) is 0 Å². The van der Waals surface area contributed by atoms with Crippen LogP contribution in [-0.4, -0.2) is 46.0 Å². The van der Waals surface area contributed by atoms with Crippen molar-refractivity contribution in [2.45, 2.75) is 73.0 Å². The molecule has 0 aromatic carbocycles. The third-order valence-electron chi connectivity index (χ3n) is 5.04. The number of carbonyl (C=O) groups excluding carboxylic acids is 3. The van der Waals surface area contributed by atoms with Crippen LogP contribution in [0.3, 0.4) is 0 Å². The highest BCUT2D eigenvalue weighted by atomic mass is 16.6. The van der Waals surface area contributed by atoms with Gasteiger partial charge >= 0.3 is 17.9 Å². The summed E-state index contributed by atoms with van der Waals surface area (Å²) in [5.41, 5.74) is 0.413. The molecule has 2 atom stereocenters. The number of nitrogens with zero attached hydrogens (tertiary/aromatic N) is 2. The molecule has 3 amide bonds. The van der Waals surface area contributed by atoms with E-state index in [0.29, 0.717) is 29.5 Å². The van der Waals surface area contributed by atoms with E-state index >= 15 is 0 Å². The van der Waals surface area contributed by atoms with E-state index in [9.17, 15) is 14.4 Å². The Kier molecular flexibility index (Phi) is 7.44. The first-order valence-corrected chi connectivity index (χ1v) is 10.5. The van der Waals surface area contributed by atoms with Crippen LogP contribution < -0.4 is 10.6 Å². The second-order valence-corrected chi connectivity index (χ2v) is 9.42. The Morgan fingerprint density at radius 1 is 1.20 bits per heavy atom. The summed E-state index contributed by atoms with van der Waals surface area (Å²) in [6.07, 6.45) is 2.76. The number of aryl methyl sites for hydroxylation is 1. The van der Waals surface area contributed by atoms with Gasteiger partial charge in [-0.2, -0.15) is 0 Å². The highest BCUT2D eigenvalue weighted by Crippen LogP contribution is 2.27. The molecule has 8 heteroatoms. The zero-order valence-corrected chi connectivity index (χ0v) is 19.0. The van der Waals surface area contributed by atoms with E-state index in [1.165, 1.54) is 6.20 Å². The van der Waals surface area contributed by atoms with Crippen molar-refractivity contribution in [1.82, 2.24) is 9.88 Å². The van der Waals surface area contributed by atoms with Crippen molar-refractivity contribution in [3.8, 4) is 0 Å². The molecule has 0 spiro atoms. The lowest BCUT2D eigenvalue weighted by molar-refractivity contribution is -0.147. The monoisotopic (exact) mass is 418 g/mol. The molecule has 1 fully saturated rings. The number of anilines is 2. The molecule has 8 nitrogen and oxygen atoms in total. The maximum atomic E-state index is 12.8. The van der Waals surface area contributed by atoms with Crippen molar-refractivity contribution < 1.29 is 19.1 Å². The maximum Gasteiger partial charge on any atom is 0.413 e. The summed E-state index contributed by atoms with van der Waals surface area (Å²) in [7, 11) is 0. The number of hydrogen-bond acceptors (Lipinski definition) is 5. The Hall–Kier alpha value is -2.64. The fourth-order valence-corrected chi connectivity index (χ4v) is 3.59. The van der Waals surface area contributed by atoms with Gasteiger partial charge < -0.3 is 15.0 Å². The smallest absolute Gasteiger partial charge is 0.413 e. The minimum absolute atomic E-state index is 0.0692. The molecule has 1 aliphatic heterocycles. The quantitative estimate of drug-likeness (QED) is 0.724. The van der Waals surface area contributed by atoms with E-state index in [4.69, 9.17) is 4.74 Å². The van der Waals surface area contributed by atoms with Gasteiger partial charge in [-0.05, 0) is 64.0 Å². The number of nitrogens with one attached hydrogen (secondary N) is 2. The van der Waals surface area contributed by atoms with Crippen LogP contribution in [0.15, 0.2) is 12.3 Å². The lowest BCUT2D eigenvalue weighted by Gasteiger charge is -2.40. The van der Waals surface area contributed by atoms with Gasteiger partial charge in [0.2, 0.25) is 0 Å². The highest BCUT2D eigenvalue weighted by Gasteiger charge is 2.34. The minimum Gasteiger partial charge on any atom is -0.444 e. The van der Waals surface area contributed by atoms with Crippen molar-refractivity contribution >= 4 is 29.4 Å². The van der Waals surface area contributed by atoms with E-state index in [2.05, 4.69) is 36.4 Å². The van der Waals surface area contributed by atoms with Crippen LogP contribution in [0.25, 0.3) is 0 Å². The fraction of sp³-hybridized carbons (Fsp3) is 0.636. The first kappa shape index (κ1) is 23.6. The molecular formula is C22H34N4O4. The minimum atomic E-state index is -0.677. The van der Waals surface area contributed by atoms with E-state index in [1.54, 1.807) is 38.7 Å². The van der Waals surface area contributed by atoms with E-state index in [-0.39, 0.29) is 12.0 Å². The summed E-state index contributed by atoms with van der Waals surface area (Å²) in [5.74, 6) is -0.203. The molecule has 0 bridgehead atoms. The van der Waals surface area contributed by atoms with Gasteiger partial charge in [0, 0.05) is 12.6 Å². The van der Waals surface area contributed by atoms with Crippen LogP contribution in [0.2, 0.25) is 0 Å². The van der Waals surface area contributed by atoms with Crippen molar-refractivity contribution in [2.24, 2.45) is 11.8 Å². The summed E-state index contributed by atoms with van der Waals surface area (Å²) in [4.78, 5) is 43.2. The average molecular weight is 419 g/mol. The Morgan fingerprint density at radius 2 is 1.87 bits per heavy atom.